The van der Waals surface area contributed by atoms with Gasteiger partial charge in [-0.3, -0.25) is 0 Å². The Hall–Kier alpha value is -1.84. The number of benzene rings is 2. The summed E-state index contributed by atoms with van der Waals surface area (Å²) < 4.78 is 0. The van der Waals surface area contributed by atoms with E-state index < -0.39 is 0 Å². The number of hydrogen-bond donors (Lipinski definition) is 3. The third kappa shape index (κ3) is 3.09. The molecular formula is C18H23N3. The molecule has 2 aromatic rings. The second-order valence-corrected chi connectivity index (χ2v) is 5.85. The number of nitrogens with one attached hydrogen (secondary N) is 1. The van der Waals surface area contributed by atoms with Crippen LogP contribution in [-0.4, -0.2) is 19.1 Å². The average molecular weight is 281 g/mol. The topological polar surface area (TPSA) is 64.1 Å². The summed E-state index contributed by atoms with van der Waals surface area (Å²) >= 11 is 0. The van der Waals surface area contributed by atoms with Gasteiger partial charge in [-0.2, -0.15) is 0 Å². The predicted molar refractivity (Wildman–Crippen MR) is 88.9 cm³/mol. The molecule has 2 aromatic carbocycles. The molecule has 5 N–H and O–H groups in total. The number of nitrogens with two attached hydrogens (primary N) is 2. The first kappa shape index (κ1) is 14.1. The first-order valence-electron chi connectivity index (χ1n) is 7.63. The summed E-state index contributed by atoms with van der Waals surface area (Å²) in [4.78, 5) is 0. The van der Waals surface area contributed by atoms with Gasteiger partial charge >= 0.3 is 0 Å². The summed E-state index contributed by atoms with van der Waals surface area (Å²) in [6.07, 6.45) is 3.70. The third-order valence-electron chi connectivity index (χ3n) is 4.42. The summed E-state index contributed by atoms with van der Waals surface area (Å²) in [7, 11) is 0. The van der Waals surface area contributed by atoms with E-state index >= 15 is 0 Å². The van der Waals surface area contributed by atoms with E-state index in [1.807, 2.05) is 0 Å². The van der Waals surface area contributed by atoms with E-state index in [1.165, 1.54) is 21.9 Å². The van der Waals surface area contributed by atoms with Gasteiger partial charge in [-0.15, -0.1) is 0 Å². The highest BCUT2D eigenvalue weighted by Gasteiger charge is 2.23. The fourth-order valence-electron chi connectivity index (χ4n) is 3.24. The van der Waals surface area contributed by atoms with Crippen LogP contribution in [0, 0.1) is 5.92 Å². The van der Waals surface area contributed by atoms with Gasteiger partial charge in [0.15, 0.2) is 0 Å². The normalized spacial score (nSPS) is 20.8. The van der Waals surface area contributed by atoms with Crippen molar-refractivity contribution < 1.29 is 0 Å². The molecule has 1 fully saturated rings. The summed E-state index contributed by atoms with van der Waals surface area (Å²) in [5.74, 6) is 0.491. The molecular weight excluding hydrogens is 258 g/mol. The van der Waals surface area contributed by atoms with Gasteiger partial charge in [0.2, 0.25) is 0 Å². The summed E-state index contributed by atoms with van der Waals surface area (Å²) in [5.41, 5.74) is 14.7. The van der Waals surface area contributed by atoms with Gasteiger partial charge in [0.25, 0.3) is 0 Å². The smallest absolute Gasteiger partial charge is 0.0315 e. The zero-order chi connectivity index (χ0) is 14.7. The van der Waals surface area contributed by atoms with E-state index in [2.05, 4.69) is 47.8 Å². The number of hydrogen-bond acceptors (Lipinski definition) is 3. The molecule has 3 heteroatoms. The van der Waals surface area contributed by atoms with Crippen LogP contribution < -0.4 is 16.8 Å². The lowest BCUT2D eigenvalue weighted by atomic mass is 9.89. The first-order chi connectivity index (χ1) is 10.3. The Morgan fingerprint density at radius 3 is 2.76 bits per heavy atom. The van der Waals surface area contributed by atoms with Crippen LogP contribution in [0.3, 0.4) is 0 Å². The zero-order valence-corrected chi connectivity index (χ0v) is 12.3. The van der Waals surface area contributed by atoms with Crippen LogP contribution in [0.25, 0.3) is 10.8 Å². The largest absolute Gasteiger partial charge is 0.405 e. The molecule has 0 saturated carbocycles. The first-order valence-corrected chi connectivity index (χ1v) is 7.63. The molecule has 0 bridgehead atoms. The van der Waals surface area contributed by atoms with Crippen molar-refractivity contribution in [1.82, 2.24) is 5.32 Å². The molecule has 110 valence electrons. The van der Waals surface area contributed by atoms with Crippen molar-refractivity contribution >= 4 is 10.8 Å². The standard InChI is InChI=1S/C18H23N3/c19-11-17(16-7-8-21-12-16)18(20)10-13-5-6-14-3-1-2-4-15(14)9-13/h1-6,9,11,16,18,21H,7-8,10,12,19-20H2/b17-11-. The molecule has 21 heavy (non-hydrogen) atoms. The van der Waals surface area contributed by atoms with Gasteiger partial charge in [-0.05, 0) is 53.4 Å². The molecule has 0 spiro atoms. The Kier molecular flexibility index (Phi) is 4.23. The minimum Gasteiger partial charge on any atom is -0.405 e. The van der Waals surface area contributed by atoms with Crippen molar-refractivity contribution in [2.75, 3.05) is 13.1 Å². The van der Waals surface area contributed by atoms with Crippen LogP contribution >= 0.6 is 0 Å². The summed E-state index contributed by atoms with van der Waals surface area (Å²) in [6, 6.07) is 15.0. The molecule has 3 nitrogen and oxygen atoms in total. The lowest BCUT2D eigenvalue weighted by molar-refractivity contribution is 0.593. The van der Waals surface area contributed by atoms with Crippen molar-refractivity contribution in [3.63, 3.8) is 0 Å². The Labute approximate surface area is 126 Å². The van der Waals surface area contributed by atoms with E-state index in [0.717, 1.165) is 25.9 Å². The Balaban J connectivity index is 1.77. The van der Waals surface area contributed by atoms with Gasteiger partial charge in [0, 0.05) is 12.6 Å². The minimum absolute atomic E-state index is 0.000984. The van der Waals surface area contributed by atoms with E-state index in [0.29, 0.717) is 5.92 Å². The van der Waals surface area contributed by atoms with Gasteiger partial charge in [-0.25, -0.2) is 0 Å². The van der Waals surface area contributed by atoms with Crippen LogP contribution in [0.15, 0.2) is 54.2 Å². The van der Waals surface area contributed by atoms with Crippen LogP contribution in [0.5, 0.6) is 0 Å². The van der Waals surface area contributed by atoms with Crippen LogP contribution in [0.1, 0.15) is 12.0 Å². The Morgan fingerprint density at radius 2 is 2.05 bits per heavy atom. The second-order valence-electron chi connectivity index (χ2n) is 5.85. The van der Waals surface area contributed by atoms with E-state index in [1.54, 1.807) is 6.20 Å². The monoisotopic (exact) mass is 281 g/mol. The SMILES string of the molecule is N/C=C(\C(N)Cc1ccc2ccccc2c1)C1CCNC1. The highest BCUT2D eigenvalue weighted by atomic mass is 14.9. The predicted octanol–water partition coefficient (Wildman–Crippen LogP) is 2.16. The number of rotatable bonds is 4. The molecule has 1 saturated heterocycles. The van der Waals surface area contributed by atoms with Crippen molar-refractivity contribution in [2.24, 2.45) is 17.4 Å². The van der Waals surface area contributed by atoms with Crippen molar-refractivity contribution in [3.05, 3.63) is 59.8 Å². The summed E-state index contributed by atoms with van der Waals surface area (Å²) in [6.45, 7) is 2.05. The maximum atomic E-state index is 6.41. The number of fused-ring (bicyclic) bond motifs is 1. The minimum atomic E-state index is 0.000984. The van der Waals surface area contributed by atoms with Crippen LogP contribution in [0.4, 0.5) is 0 Å². The van der Waals surface area contributed by atoms with Crippen LogP contribution in [0.2, 0.25) is 0 Å². The molecule has 0 aliphatic carbocycles. The van der Waals surface area contributed by atoms with E-state index in [4.69, 9.17) is 11.5 Å². The molecule has 0 amide bonds. The maximum Gasteiger partial charge on any atom is 0.0315 e. The molecule has 0 radical (unpaired) electrons. The Morgan fingerprint density at radius 1 is 1.24 bits per heavy atom. The lowest BCUT2D eigenvalue weighted by Gasteiger charge is -2.21. The fraction of sp³-hybridized carbons (Fsp3) is 0.333. The van der Waals surface area contributed by atoms with Gasteiger partial charge in [0.1, 0.15) is 0 Å². The van der Waals surface area contributed by atoms with Gasteiger partial charge in [0.05, 0.1) is 0 Å². The van der Waals surface area contributed by atoms with E-state index in [9.17, 15) is 0 Å². The molecule has 3 rings (SSSR count). The molecule has 1 heterocycles. The molecule has 2 atom stereocenters. The average Bonchev–Trinajstić information content (AvgIpc) is 3.02. The third-order valence-corrected chi connectivity index (χ3v) is 4.42. The lowest BCUT2D eigenvalue weighted by Crippen LogP contribution is -2.31. The van der Waals surface area contributed by atoms with Crippen molar-refractivity contribution in [1.29, 1.82) is 0 Å². The highest BCUT2D eigenvalue weighted by molar-refractivity contribution is 5.83. The summed E-state index contributed by atoms with van der Waals surface area (Å²) in [5, 5.41) is 5.91. The Bertz CT molecular complexity index is 642. The van der Waals surface area contributed by atoms with Crippen molar-refractivity contribution in [2.45, 2.75) is 18.9 Å². The molecule has 1 aliphatic rings. The molecule has 2 unspecified atom stereocenters. The van der Waals surface area contributed by atoms with Crippen molar-refractivity contribution in [3.8, 4) is 0 Å². The quantitative estimate of drug-likeness (QED) is 0.804. The van der Waals surface area contributed by atoms with E-state index in [-0.39, 0.29) is 6.04 Å². The molecule has 0 aromatic heterocycles. The molecule has 1 aliphatic heterocycles. The fourth-order valence-corrected chi connectivity index (χ4v) is 3.24. The highest BCUT2D eigenvalue weighted by Crippen LogP contribution is 2.23. The van der Waals surface area contributed by atoms with Gasteiger partial charge < -0.3 is 16.8 Å². The van der Waals surface area contributed by atoms with Crippen LogP contribution in [-0.2, 0) is 6.42 Å². The van der Waals surface area contributed by atoms with Gasteiger partial charge in [-0.1, -0.05) is 42.5 Å². The maximum absolute atomic E-state index is 6.41. The zero-order valence-electron chi connectivity index (χ0n) is 12.3. The second kappa shape index (κ2) is 6.29.